The quantitative estimate of drug-likeness (QED) is 0.463. The molecule has 0 bridgehead atoms. The molecule has 1 unspecified atom stereocenters. The Balaban J connectivity index is 1.81. The lowest BCUT2D eigenvalue weighted by Gasteiger charge is -2.15. The molecule has 0 radical (unpaired) electrons. The molecule has 1 atom stereocenters. The van der Waals surface area contributed by atoms with Gasteiger partial charge in [0.25, 0.3) is 5.91 Å². The molecule has 2 aromatic rings. The number of amides is 1. The minimum atomic E-state index is -0.953. The minimum Gasteiger partial charge on any atom is -0.490 e. The second-order valence-corrected chi connectivity index (χ2v) is 7.23. The van der Waals surface area contributed by atoms with Crippen molar-refractivity contribution in [3.63, 3.8) is 0 Å². The summed E-state index contributed by atoms with van der Waals surface area (Å²) in [6, 6.07) is 11.5. The number of rotatable bonds is 10. The van der Waals surface area contributed by atoms with Crippen LogP contribution in [-0.2, 0) is 9.53 Å². The Labute approximate surface area is 181 Å². The molecular formula is C24H27NO6. The number of hydrogen-bond donors (Lipinski definition) is 1. The number of carbonyl (C=O) groups is 3. The molecule has 1 N–H and O–H groups in total. The number of carbonyl (C=O) groups excluding carboxylic acids is 3. The molecule has 1 aliphatic rings. The highest BCUT2D eigenvalue weighted by Gasteiger charge is 2.28. The van der Waals surface area contributed by atoms with E-state index in [0.29, 0.717) is 30.3 Å². The Morgan fingerprint density at radius 1 is 0.968 bits per heavy atom. The molecule has 7 heteroatoms. The molecule has 2 aromatic carbocycles. The van der Waals surface area contributed by atoms with E-state index < -0.39 is 12.1 Å². The van der Waals surface area contributed by atoms with Crippen LogP contribution in [0.3, 0.4) is 0 Å². The van der Waals surface area contributed by atoms with Crippen LogP contribution in [0.1, 0.15) is 59.9 Å². The summed E-state index contributed by atoms with van der Waals surface area (Å²) in [7, 11) is 0. The molecule has 1 amide bonds. The fourth-order valence-electron chi connectivity index (χ4n) is 3.03. The highest BCUT2D eigenvalue weighted by atomic mass is 16.5. The largest absolute Gasteiger partial charge is 0.490 e. The molecule has 0 aromatic heterocycles. The van der Waals surface area contributed by atoms with Crippen LogP contribution in [0.25, 0.3) is 0 Å². The molecule has 0 aliphatic heterocycles. The van der Waals surface area contributed by atoms with E-state index in [1.54, 1.807) is 36.4 Å². The summed E-state index contributed by atoms with van der Waals surface area (Å²) in [5, 5.41) is 2.80. The summed E-state index contributed by atoms with van der Waals surface area (Å²) < 4.78 is 16.5. The summed E-state index contributed by atoms with van der Waals surface area (Å²) >= 11 is 0. The van der Waals surface area contributed by atoms with Crippen molar-refractivity contribution in [3.8, 4) is 11.5 Å². The van der Waals surface area contributed by atoms with Crippen LogP contribution >= 0.6 is 0 Å². The van der Waals surface area contributed by atoms with Gasteiger partial charge < -0.3 is 19.5 Å². The van der Waals surface area contributed by atoms with Crippen molar-refractivity contribution in [2.45, 2.75) is 45.8 Å². The van der Waals surface area contributed by atoms with E-state index in [2.05, 4.69) is 5.32 Å². The second kappa shape index (κ2) is 10.1. The van der Waals surface area contributed by atoms with E-state index in [1.165, 1.54) is 13.0 Å². The van der Waals surface area contributed by atoms with Gasteiger partial charge in [0.15, 0.2) is 23.4 Å². The van der Waals surface area contributed by atoms with E-state index in [-0.39, 0.29) is 28.9 Å². The molecular weight excluding hydrogens is 398 g/mol. The van der Waals surface area contributed by atoms with Crippen molar-refractivity contribution in [1.82, 2.24) is 5.32 Å². The zero-order valence-corrected chi connectivity index (χ0v) is 18.0. The third-order valence-corrected chi connectivity index (χ3v) is 4.77. The molecule has 0 heterocycles. The third kappa shape index (κ3) is 5.63. The summed E-state index contributed by atoms with van der Waals surface area (Å²) in [5.74, 6) is -0.415. The van der Waals surface area contributed by atoms with Crippen LogP contribution in [0.15, 0.2) is 42.5 Å². The van der Waals surface area contributed by atoms with Gasteiger partial charge in [-0.1, -0.05) is 18.2 Å². The van der Waals surface area contributed by atoms with Crippen LogP contribution in [-0.4, -0.2) is 43.0 Å². The van der Waals surface area contributed by atoms with Gasteiger partial charge in [0, 0.05) is 17.2 Å². The van der Waals surface area contributed by atoms with Crippen molar-refractivity contribution in [2.75, 3.05) is 13.2 Å². The van der Waals surface area contributed by atoms with Gasteiger partial charge in [-0.25, -0.2) is 4.79 Å². The first kappa shape index (κ1) is 22.3. The van der Waals surface area contributed by atoms with E-state index in [0.717, 1.165) is 12.8 Å². The molecule has 1 fully saturated rings. The van der Waals surface area contributed by atoms with E-state index in [9.17, 15) is 14.4 Å². The molecule has 1 saturated carbocycles. The molecule has 0 saturated heterocycles. The fraction of sp³-hybridized carbons (Fsp3) is 0.375. The first-order valence-corrected chi connectivity index (χ1v) is 10.5. The van der Waals surface area contributed by atoms with Gasteiger partial charge in [-0.2, -0.15) is 0 Å². The van der Waals surface area contributed by atoms with Gasteiger partial charge in [0.05, 0.1) is 18.8 Å². The summed E-state index contributed by atoms with van der Waals surface area (Å²) in [6.45, 7) is 6.11. The Bertz CT molecular complexity index is 966. The number of ether oxygens (including phenoxy) is 3. The normalized spacial score (nSPS) is 13.8. The first-order chi connectivity index (χ1) is 14.9. The van der Waals surface area contributed by atoms with Gasteiger partial charge in [-0.15, -0.1) is 0 Å². The molecule has 7 nitrogen and oxygen atoms in total. The van der Waals surface area contributed by atoms with Gasteiger partial charge in [-0.05, 0) is 57.9 Å². The predicted molar refractivity (Wildman–Crippen MR) is 115 cm³/mol. The van der Waals surface area contributed by atoms with Crippen molar-refractivity contribution in [2.24, 2.45) is 0 Å². The van der Waals surface area contributed by atoms with Crippen LogP contribution < -0.4 is 14.8 Å². The average Bonchev–Trinajstić information content (AvgIpc) is 3.58. The van der Waals surface area contributed by atoms with E-state index >= 15 is 0 Å². The van der Waals surface area contributed by atoms with Gasteiger partial charge in [0.2, 0.25) is 0 Å². The monoisotopic (exact) mass is 425 g/mol. The van der Waals surface area contributed by atoms with Crippen LogP contribution in [0.2, 0.25) is 0 Å². The summed E-state index contributed by atoms with van der Waals surface area (Å²) in [5.41, 5.74) is 0.644. The highest BCUT2D eigenvalue weighted by Crippen LogP contribution is 2.30. The molecule has 3 rings (SSSR count). The topological polar surface area (TPSA) is 90.9 Å². The van der Waals surface area contributed by atoms with Crippen LogP contribution in [0.5, 0.6) is 11.5 Å². The van der Waals surface area contributed by atoms with Gasteiger partial charge in [-0.3, -0.25) is 9.59 Å². The maximum Gasteiger partial charge on any atom is 0.339 e. The smallest absolute Gasteiger partial charge is 0.339 e. The Morgan fingerprint density at radius 2 is 1.61 bits per heavy atom. The lowest BCUT2D eigenvalue weighted by Crippen LogP contribution is -2.37. The SMILES string of the molecule is CCOc1ccc(C(=O)c2ccccc2C(=O)OC(C)C(=O)NC2CC2)cc1OCC. The fourth-order valence-corrected chi connectivity index (χ4v) is 3.03. The molecule has 31 heavy (non-hydrogen) atoms. The summed E-state index contributed by atoms with van der Waals surface area (Å²) in [6.07, 6.45) is 0.928. The average molecular weight is 425 g/mol. The van der Waals surface area contributed by atoms with Crippen molar-refractivity contribution in [1.29, 1.82) is 0 Å². The maximum atomic E-state index is 13.2. The number of hydrogen-bond acceptors (Lipinski definition) is 6. The van der Waals surface area contributed by atoms with Crippen LogP contribution in [0.4, 0.5) is 0 Å². The highest BCUT2D eigenvalue weighted by molar-refractivity contribution is 6.14. The molecule has 0 spiro atoms. The first-order valence-electron chi connectivity index (χ1n) is 10.5. The Kier molecular flexibility index (Phi) is 7.28. The Hall–Kier alpha value is -3.35. The standard InChI is InChI=1S/C24H27NO6/c1-4-29-20-13-10-16(14-21(20)30-5-2)22(26)18-8-6-7-9-19(18)24(28)31-15(3)23(27)25-17-11-12-17/h6-10,13-15,17H,4-5,11-12H2,1-3H3,(H,25,27). The lowest BCUT2D eigenvalue weighted by atomic mass is 9.98. The van der Waals surface area contributed by atoms with Crippen molar-refractivity contribution >= 4 is 17.7 Å². The van der Waals surface area contributed by atoms with E-state index in [4.69, 9.17) is 14.2 Å². The second-order valence-electron chi connectivity index (χ2n) is 7.23. The van der Waals surface area contributed by atoms with Crippen LogP contribution in [0, 0.1) is 0 Å². The van der Waals surface area contributed by atoms with E-state index in [1.807, 2.05) is 13.8 Å². The lowest BCUT2D eigenvalue weighted by molar-refractivity contribution is -0.129. The molecule has 164 valence electrons. The predicted octanol–water partition coefficient (Wildman–Crippen LogP) is 3.54. The number of benzene rings is 2. The van der Waals surface area contributed by atoms with Gasteiger partial charge in [0.1, 0.15) is 0 Å². The number of ketones is 1. The van der Waals surface area contributed by atoms with Crippen molar-refractivity contribution < 1.29 is 28.6 Å². The minimum absolute atomic E-state index is 0.102. The van der Waals surface area contributed by atoms with Gasteiger partial charge >= 0.3 is 5.97 Å². The number of nitrogens with one attached hydrogen (secondary N) is 1. The maximum absolute atomic E-state index is 13.2. The summed E-state index contributed by atoms with van der Waals surface area (Å²) in [4.78, 5) is 38.0. The zero-order chi connectivity index (χ0) is 22.4. The zero-order valence-electron chi connectivity index (χ0n) is 18.0. The number of esters is 1. The van der Waals surface area contributed by atoms with Crippen molar-refractivity contribution in [3.05, 3.63) is 59.2 Å². The molecule has 1 aliphatic carbocycles. The Morgan fingerprint density at radius 3 is 2.26 bits per heavy atom. The third-order valence-electron chi connectivity index (χ3n) is 4.77.